The minimum absolute atomic E-state index is 0.0268. The van der Waals surface area contributed by atoms with Gasteiger partial charge in [0.1, 0.15) is 5.56 Å². The standard InChI is InChI=1S/C18H28N2O5/c1-6-25-17-11-15(20(22)23)14(10-16(17)24-5)18(21)19-13(4)9-7-8-12(2)3/h10-13H,6-9H2,1-5H3,(H,19,21). The molecule has 0 heterocycles. The van der Waals surface area contributed by atoms with Crippen LogP contribution < -0.4 is 14.8 Å². The average molecular weight is 352 g/mol. The predicted octanol–water partition coefficient (Wildman–Crippen LogP) is 3.95. The summed E-state index contributed by atoms with van der Waals surface area (Å²) in [6.45, 7) is 8.31. The van der Waals surface area contributed by atoms with Crippen LogP contribution >= 0.6 is 0 Å². The second-order valence-corrected chi connectivity index (χ2v) is 6.41. The Hall–Kier alpha value is -2.31. The molecule has 1 aromatic rings. The van der Waals surface area contributed by atoms with Gasteiger partial charge in [0.2, 0.25) is 0 Å². The quantitative estimate of drug-likeness (QED) is 0.508. The van der Waals surface area contributed by atoms with Gasteiger partial charge in [0.05, 0.1) is 24.7 Å². The molecule has 0 spiro atoms. The number of ether oxygens (including phenoxy) is 2. The zero-order valence-corrected chi connectivity index (χ0v) is 15.6. The summed E-state index contributed by atoms with van der Waals surface area (Å²) in [5.41, 5.74) is -0.322. The highest BCUT2D eigenvalue weighted by molar-refractivity contribution is 5.99. The van der Waals surface area contributed by atoms with Crippen molar-refractivity contribution in [2.45, 2.75) is 53.0 Å². The van der Waals surface area contributed by atoms with Gasteiger partial charge in [-0.1, -0.05) is 26.7 Å². The van der Waals surface area contributed by atoms with Crippen LogP contribution in [-0.2, 0) is 0 Å². The molecule has 25 heavy (non-hydrogen) atoms. The van der Waals surface area contributed by atoms with Crippen molar-refractivity contribution in [1.82, 2.24) is 5.32 Å². The predicted molar refractivity (Wildman–Crippen MR) is 96.4 cm³/mol. The summed E-state index contributed by atoms with van der Waals surface area (Å²) in [6, 6.07) is 2.53. The molecule has 1 amide bonds. The van der Waals surface area contributed by atoms with E-state index in [0.29, 0.717) is 18.3 Å². The summed E-state index contributed by atoms with van der Waals surface area (Å²) in [4.78, 5) is 23.3. The lowest BCUT2D eigenvalue weighted by molar-refractivity contribution is -0.385. The first-order chi connectivity index (χ1) is 11.8. The van der Waals surface area contributed by atoms with Crippen LogP contribution in [0, 0.1) is 16.0 Å². The highest BCUT2D eigenvalue weighted by Gasteiger charge is 2.25. The number of nitro groups is 1. The SMILES string of the molecule is CCOc1cc([N+](=O)[O-])c(C(=O)NC(C)CCCC(C)C)cc1OC. The van der Waals surface area contributed by atoms with Gasteiger partial charge in [-0.3, -0.25) is 14.9 Å². The smallest absolute Gasteiger partial charge is 0.286 e. The van der Waals surface area contributed by atoms with E-state index in [2.05, 4.69) is 19.2 Å². The number of rotatable bonds is 10. The number of carbonyl (C=O) groups is 1. The Morgan fingerprint density at radius 1 is 1.24 bits per heavy atom. The van der Waals surface area contributed by atoms with Crippen molar-refractivity contribution in [2.75, 3.05) is 13.7 Å². The van der Waals surface area contributed by atoms with Crippen molar-refractivity contribution < 1.29 is 19.2 Å². The Morgan fingerprint density at radius 2 is 1.92 bits per heavy atom. The van der Waals surface area contributed by atoms with Gasteiger partial charge in [-0.2, -0.15) is 0 Å². The maximum atomic E-state index is 12.5. The first-order valence-corrected chi connectivity index (χ1v) is 8.60. The van der Waals surface area contributed by atoms with Gasteiger partial charge in [-0.05, 0) is 26.2 Å². The summed E-state index contributed by atoms with van der Waals surface area (Å²) in [7, 11) is 1.43. The van der Waals surface area contributed by atoms with Crippen molar-refractivity contribution in [2.24, 2.45) is 5.92 Å². The maximum absolute atomic E-state index is 12.5. The van der Waals surface area contributed by atoms with Crippen LogP contribution in [0.5, 0.6) is 11.5 Å². The molecule has 0 aliphatic rings. The fourth-order valence-corrected chi connectivity index (χ4v) is 2.52. The topological polar surface area (TPSA) is 90.7 Å². The molecule has 1 atom stereocenters. The summed E-state index contributed by atoms with van der Waals surface area (Å²) in [5, 5.41) is 14.2. The molecule has 0 fully saturated rings. The molecule has 0 saturated heterocycles. The minimum Gasteiger partial charge on any atom is -0.493 e. The zero-order chi connectivity index (χ0) is 19.0. The number of amides is 1. The largest absolute Gasteiger partial charge is 0.493 e. The van der Waals surface area contributed by atoms with Crippen LogP contribution in [0.1, 0.15) is 57.3 Å². The van der Waals surface area contributed by atoms with E-state index in [1.54, 1.807) is 6.92 Å². The zero-order valence-electron chi connectivity index (χ0n) is 15.6. The van der Waals surface area contributed by atoms with E-state index in [1.165, 1.54) is 19.2 Å². The van der Waals surface area contributed by atoms with E-state index in [9.17, 15) is 14.9 Å². The Morgan fingerprint density at radius 3 is 2.44 bits per heavy atom. The number of benzene rings is 1. The van der Waals surface area contributed by atoms with Gasteiger partial charge in [0.15, 0.2) is 11.5 Å². The number of nitro benzene ring substituents is 1. The van der Waals surface area contributed by atoms with Gasteiger partial charge in [-0.25, -0.2) is 0 Å². The highest BCUT2D eigenvalue weighted by atomic mass is 16.6. The molecular formula is C18H28N2O5. The number of carbonyl (C=O) groups excluding carboxylic acids is 1. The summed E-state index contributed by atoms with van der Waals surface area (Å²) in [6.07, 6.45) is 2.90. The van der Waals surface area contributed by atoms with Gasteiger partial charge >= 0.3 is 0 Å². The van der Waals surface area contributed by atoms with Crippen LogP contribution in [0.25, 0.3) is 0 Å². The molecule has 0 aromatic heterocycles. The molecule has 0 bridgehead atoms. The van der Waals surface area contributed by atoms with Gasteiger partial charge in [0, 0.05) is 12.1 Å². The van der Waals surface area contributed by atoms with E-state index in [0.717, 1.165) is 19.3 Å². The molecule has 1 unspecified atom stereocenters. The summed E-state index contributed by atoms with van der Waals surface area (Å²) >= 11 is 0. The molecule has 1 aromatic carbocycles. The van der Waals surface area contributed by atoms with Crippen molar-refractivity contribution >= 4 is 11.6 Å². The highest BCUT2D eigenvalue weighted by Crippen LogP contribution is 2.34. The number of nitrogens with zero attached hydrogens (tertiary/aromatic N) is 1. The first kappa shape index (κ1) is 20.7. The Balaban J connectivity index is 2.97. The monoisotopic (exact) mass is 352 g/mol. The van der Waals surface area contributed by atoms with Gasteiger partial charge in [0.25, 0.3) is 11.6 Å². The number of hydrogen-bond acceptors (Lipinski definition) is 5. The van der Waals surface area contributed by atoms with Crippen LogP contribution in [0.3, 0.4) is 0 Å². The molecule has 0 aliphatic carbocycles. The second-order valence-electron chi connectivity index (χ2n) is 6.41. The van der Waals surface area contributed by atoms with E-state index < -0.39 is 10.8 Å². The fraction of sp³-hybridized carbons (Fsp3) is 0.611. The average Bonchev–Trinajstić information content (AvgIpc) is 2.54. The van der Waals surface area contributed by atoms with Gasteiger partial charge < -0.3 is 14.8 Å². The van der Waals surface area contributed by atoms with E-state index >= 15 is 0 Å². The van der Waals surface area contributed by atoms with Crippen molar-refractivity contribution in [3.63, 3.8) is 0 Å². The number of nitrogens with one attached hydrogen (secondary N) is 1. The molecule has 140 valence electrons. The molecule has 0 radical (unpaired) electrons. The van der Waals surface area contributed by atoms with E-state index in [4.69, 9.17) is 9.47 Å². The molecule has 7 heteroatoms. The molecule has 0 aliphatic heterocycles. The van der Waals surface area contributed by atoms with Crippen molar-refractivity contribution in [3.05, 3.63) is 27.8 Å². The first-order valence-electron chi connectivity index (χ1n) is 8.60. The van der Waals surface area contributed by atoms with Crippen LogP contribution in [0.4, 0.5) is 5.69 Å². The molecule has 1 rings (SSSR count). The molecular weight excluding hydrogens is 324 g/mol. The van der Waals surface area contributed by atoms with E-state index in [1.807, 2.05) is 6.92 Å². The third kappa shape index (κ3) is 6.25. The van der Waals surface area contributed by atoms with Crippen LogP contribution in [0.2, 0.25) is 0 Å². The number of hydrogen-bond donors (Lipinski definition) is 1. The Kier molecular flexibility index (Phi) is 8.18. The summed E-state index contributed by atoms with van der Waals surface area (Å²) in [5.74, 6) is 0.674. The molecule has 7 nitrogen and oxygen atoms in total. The lowest BCUT2D eigenvalue weighted by Gasteiger charge is -2.16. The third-order valence-electron chi connectivity index (χ3n) is 3.82. The second kappa shape index (κ2) is 9.86. The van der Waals surface area contributed by atoms with Crippen molar-refractivity contribution in [3.8, 4) is 11.5 Å². The molecule has 1 N–H and O–H groups in total. The number of methoxy groups -OCH3 is 1. The third-order valence-corrected chi connectivity index (χ3v) is 3.82. The molecule has 0 saturated carbocycles. The van der Waals surface area contributed by atoms with Gasteiger partial charge in [-0.15, -0.1) is 0 Å². The van der Waals surface area contributed by atoms with Crippen molar-refractivity contribution in [1.29, 1.82) is 0 Å². The normalized spacial score (nSPS) is 11.9. The lowest BCUT2D eigenvalue weighted by Crippen LogP contribution is -2.33. The minimum atomic E-state index is -0.583. The summed E-state index contributed by atoms with van der Waals surface area (Å²) < 4.78 is 10.5. The maximum Gasteiger partial charge on any atom is 0.286 e. The Labute approximate surface area is 148 Å². The fourth-order valence-electron chi connectivity index (χ4n) is 2.52. The van der Waals surface area contributed by atoms with E-state index in [-0.39, 0.29) is 23.0 Å². The Bertz CT molecular complexity index is 601. The van der Waals surface area contributed by atoms with Crippen LogP contribution in [-0.4, -0.2) is 30.6 Å². The van der Waals surface area contributed by atoms with Crippen LogP contribution in [0.15, 0.2) is 12.1 Å². The lowest BCUT2D eigenvalue weighted by atomic mass is 10.0.